The van der Waals surface area contributed by atoms with Crippen LogP contribution < -0.4 is 4.90 Å². The summed E-state index contributed by atoms with van der Waals surface area (Å²) in [5.41, 5.74) is 2.73. The molecule has 1 fully saturated rings. The smallest absolute Gasteiger partial charge is 0.254 e. The van der Waals surface area contributed by atoms with Gasteiger partial charge in [0.15, 0.2) is 0 Å². The monoisotopic (exact) mass is 416 g/mol. The molecule has 6 nitrogen and oxygen atoms in total. The van der Waals surface area contributed by atoms with Gasteiger partial charge < -0.3 is 14.2 Å². The molecule has 4 rings (SSSR count). The molecule has 0 saturated carbocycles. The second-order valence-corrected chi connectivity index (χ2v) is 7.35. The molecule has 3 aromatic rings. The molecule has 1 aromatic heterocycles. The van der Waals surface area contributed by atoms with Crippen molar-refractivity contribution < 1.29 is 13.6 Å². The molecule has 31 heavy (non-hydrogen) atoms. The lowest BCUT2D eigenvalue weighted by Gasteiger charge is -2.34. The maximum atomic E-state index is 13.4. The number of oxazole rings is 1. The molecule has 2 heterocycles. The third kappa shape index (κ3) is 4.64. The van der Waals surface area contributed by atoms with Gasteiger partial charge in [-0.15, -0.1) is 0 Å². The molecule has 0 unspecified atom stereocenters. The van der Waals surface area contributed by atoms with Gasteiger partial charge in [-0.2, -0.15) is 10.2 Å². The molecule has 7 heteroatoms. The SMILES string of the molecule is Cc1ccc(C=Cc2nc(C#N)c(N3CCN(C(=O)c4cccc(F)c4)CC3)o2)cc1. The number of rotatable bonds is 4. The molecule has 0 radical (unpaired) electrons. The topological polar surface area (TPSA) is 73.4 Å². The normalized spacial score (nSPS) is 14.1. The molecule has 0 spiro atoms. The van der Waals surface area contributed by atoms with Crippen LogP contribution in [0.2, 0.25) is 0 Å². The third-order valence-electron chi connectivity index (χ3n) is 5.15. The third-order valence-corrected chi connectivity index (χ3v) is 5.15. The lowest BCUT2D eigenvalue weighted by atomic mass is 10.1. The lowest BCUT2D eigenvalue weighted by Crippen LogP contribution is -2.48. The summed E-state index contributed by atoms with van der Waals surface area (Å²) in [6.07, 6.45) is 3.62. The van der Waals surface area contributed by atoms with E-state index < -0.39 is 5.82 Å². The fraction of sp³-hybridized carbons (Fsp3) is 0.208. The minimum absolute atomic E-state index is 0.209. The van der Waals surface area contributed by atoms with Crippen molar-refractivity contribution in [1.29, 1.82) is 5.26 Å². The highest BCUT2D eigenvalue weighted by molar-refractivity contribution is 5.94. The number of aryl methyl sites for hydroxylation is 1. The maximum absolute atomic E-state index is 13.4. The molecule has 1 aliphatic rings. The molecule has 0 N–H and O–H groups in total. The average Bonchev–Trinajstić information content (AvgIpc) is 3.22. The Morgan fingerprint density at radius 2 is 1.87 bits per heavy atom. The summed E-state index contributed by atoms with van der Waals surface area (Å²) < 4.78 is 19.3. The van der Waals surface area contributed by atoms with E-state index >= 15 is 0 Å². The maximum Gasteiger partial charge on any atom is 0.254 e. The fourth-order valence-electron chi connectivity index (χ4n) is 3.45. The Labute approximate surface area is 179 Å². The van der Waals surface area contributed by atoms with Gasteiger partial charge >= 0.3 is 0 Å². The zero-order valence-corrected chi connectivity index (χ0v) is 17.1. The Bertz CT molecular complexity index is 1150. The first kappa shape index (κ1) is 20.4. The van der Waals surface area contributed by atoms with Gasteiger partial charge in [-0.05, 0) is 36.8 Å². The largest absolute Gasteiger partial charge is 0.420 e. The molecule has 2 aromatic carbocycles. The molecule has 156 valence electrons. The number of anilines is 1. The van der Waals surface area contributed by atoms with Gasteiger partial charge in [0.2, 0.25) is 17.5 Å². The Morgan fingerprint density at radius 1 is 1.13 bits per heavy atom. The second kappa shape index (κ2) is 8.84. The standard InChI is InChI=1S/C24H21FN4O2/c1-17-5-7-18(8-6-17)9-10-22-27-21(16-26)24(31-22)29-13-11-28(12-14-29)23(30)19-3-2-4-20(25)15-19/h2-10,15H,11-14H2,1H3. The summed E-state index contributed by atoms with van der Waals surface area (Å²) in [5, 5.41) is 9.47. The minimum Gasteiger partial charge on any atom is -0.420 e. The summed E-state index contributed by atoms with van der Waals surface area (Å²) in [6, 6.07) is 15.8. The van der Waals surface area contributed by atoms with Crippen LogP contribution in [-0.4, -0.2) is 42.0 Å². The highest BCUT2D eigenvalue weighted by Crippen LogP contribution is 2.24. The molecule has 0 atom stereocenters. The first-order valence-electron chi connectivity index (χ1n) is 9.99. The molecular formula is C24H21FN4O2. The number of benzene rings is 2. The number of nitrogens with zero attached hydrogens (tertiary/aromatic N) is 4. The van der Waals surface area contributed by atoms with Gasteiger partial charge in [0.1, 0.15) is 11.9 Å². The van der Waals surface area contributed by atoms with Crippen LogP contribution in [-0.2, 0) is 0 Å². The van der Waals surface area contributed by atoms with Crippen molar-refractivity contribution in [2.24, 2.45) is 0 Å². The molecule has 1 saturated heterocycles. The first-order valence-corrected chi connectivity index (χ1v) is 9.99. The van der Waals surface area contributed by atoms with Crippen molar-refractivity contribution in [3.05, 3.63) is 82.6 Å². The highest BCUT2D eigenvalue weighted by Gasteiger charge is 2.26. The van der Waals surface area contributed by atoms with Crippen LogP contribution >= 0.6 is 0 Å². The summed E-state index contributed by atoms with van der Waals surface area (Å²) in [5.74, 6) is 0.115. The Morgan fingerprint density at radius 3 is 2.55 bits per heavy atom. The Kier molecular flexibility index (Phi) is 5.80. The van der Waals surface area contributed by atoms with Crippen LogP contribution in [0.15, 0.2) is 52.9 Å². The van der Waals surface area contributed by atoms with Gasteiger partial charge in [-0.25, -0.2) is 4.39 Å². The summed E-state index contributed by atoms with van der Waals surface area (Å²) in [6.45, 7) is 3.89. The summed E-state index contributed by atoms with van der Waals surface area (Å²) in [7, 11) is 0. The number of amides is 1. The van der Waals surface area contributed by atoms with Crippen LogP contribution in [0, 0.1) is 24.1 Å². The Hall–Kier alpha value is -3.92. The summed E-state index contributed by atoms with van der Waals surface area (Å²) in [4.78, 5) is 20.5. The highest BCUT2D eigenvalue weighted by atomic mass is 19.1. The average molecular weight is 416 g/mol. The Balaban J connectivity index is 1.44. The van der Waals surface area contributed by atoms with E-state index in [2.05, 4.69) is 11.1 Å². The van der Waals surface area contributed by atoms with Crippen molar-refractivity contribution in [3.63, 3.8) is 0 Å². The van der Waals surface area contributed by atoms with Crippen LogP contribution in [0.3, 0.4) is 0 Å². The van der Waals surface area contributed by atoms with Crippen LogP contribution in [0.25, 0.3) is 12.2 Å². The predicted molar refractivity (Wildman–Crippen MR) is 116 cm³/mol. The van der Waals surface area contributed by atoms with Gasteiger partial charge in [-0.3, -0.25) is 4.79 Å². The van der Waals surface area contributed by atoms with Crippen molar-refractivity contribution in [1.82, 2.24) is 9.88 Å². The van der Waals surface area contributed by atoms with E-state index in [-0.39, 0.29) is 11.6 Å². The molecular weight excluding hydrogens is 395 g/mol. The van der Waals surface area contributed by atoms with E-state index in [4.69, 9.17) is 4.42 Å². The molecule has 0 bridgehead atoms. The second-order valence-electron chi connectivity index (χ2n) is 7.35. The number of halogens is 1. The van der Waals surface area contributed by atoms with Gasteiger partial charge in [0, 0.05) is 37.8 Å². The van der Waals surface area contributed by atoms with Crippen molar-refractivity contribution in [2.75, 3.05) is 31.1 Å². The van der Waals surface area contributed by atoms with Crippen LogP contribution in [0.4, 0.5) is 10.3 Å². The summed E-state index contributed by atoms with van der Waals surface area (Å²) >= 11 is 0. The van der Waals surface area contributed by atoms with Crippen LogP contribution in [0.5, 0.6) is 0 Å². The number of hydrogen-bond donors (Lipinski definition) is 0. The minimum atomic E-state index is -0.434. The van der Waals surface area contributed by atoms with E-state index in [1.165, 1.54) is 23.8 Å². The van der Waals surface area contributed by atoms with E-state index in [1.807, 2.05) is 42.2 Å². The van der Waals surface area contributed by atoms with Gasteiger partial charge in [-0.1, -0.05) is 35.9 Å². The van der Waals surface area contributed by atoms with E-state index in [9.17, 15) is 14.4 Å². The molecule has 0 aliphatic carbocycles. The van der Waals surface area contributed by atoms with E-state index in [1.54, 1.807) is 17.0 Å². The van der Waals surface area contributed by atoms with E-state index in [0.29, 0.717) is 43.5 Å². The number of carbonyl (C=O) groups excluding carboxylic acids is 1. The quantitative estimate of drug-likeness (QED) is 0.640. The fourth-order valence-corrected chi connectivity index (χ4v) is 3.45. The number of nitriles is 1. The number of hydrogen-bond acceptors (Lipinski definition) is 5. The molecule has 1 amide bonds. The van der Waals surface area contributed by atoms with E-state index in [0.717, 1.165) is 5.56 Å². The zero-order chi connectivity index (χ0) is 21.8. The molecule has 1 aliphatic heterocycles. The van der Waals surface area contributed by atoms with Crippen molar-refractivity contribution in [2.45, 2.75) is 6.92 Å². The number of aromatic nitrogens is 1. The van der Waals surface area contributed by atoms with Crippen molar-refractivity contribution >= 4 is 23.9 Å². The lowest BCUT2D eigenvalue weighted by molar-refractivity contribution is 0.0745. The van der Waals surface area contributed by atoms with Crippen molar-refractivity contribution in [3.8, 4) is 6.07 Å². The first-order chi connectivity index (χ1) is 15.0. The zero-order valence-electron chi connectivity index (χ0n) is 17.1. The predicted octanol–water partition coefficient (Wildman–Crippen LogP) is 4.13. The van der Waals surface area contributed by atoms with Crippen LogP contribution in [0.1, 0.15) is 33.1 Å². The van der Waals surface area contributed by atoms with Gasteiger partial charge in [0.05, 0.1) is 0 Å². The van der Waals surface area contributed by atoms with Gasteiger partial charge in [0.25, 0.3) is 5.91 Å². The number of piperazine rings is 1. The number of carbonyl (C=O) groups is 1.